The van der Waals surface area contributed by atoms with Crippen LogP contribution in [0.2, 0.25) is 0 Å². The molecule has 0 aliphatic heterocycles. The quantitative estimate of drug-likeness (QED) is 0.266. The largest absolute Gasteiger partial charge is 0.458 e. The molecule has 0 amide bonds. The Kier molecular flexibility index (Phi) is 8.37. The van der Waals surface area contributed by atoms with E-state index in [0.29, 0.717) is 12.1 Å². The lowest BCUT2D eigenvalue weighted by Crippen LogP contribution is -2.41. The monoisotopic (exact) mass is 601 g/mol. The van der Waals surface area contributed by atoms with Crippen molar-refractivity contribution in [3.63, 3.8) is 0 Å². The summed E-state index contributed by atoms with van der Waals surface area (Å²) in [7, 11) is 0. The van der Waals surface area contributed by atoms with E-state index >= 15 is 0 Å². The molecule has 200 valence electrons. The fourth-order valence-corrected chi connectivity index (χ4v) is 3.60. The van der Waals surface area contributed by atoms with Crippen molar-refractivity contribution in [2.45, 2.75) is 30.9 Å². The summed E-state index contributed by atoms with van der Waals surface area (Å²) in [5.41, 5.74) is -1.51. The lowest BCUT2D eigenvalue weighted by molar-refractivity contribution is -0.289. The number of hydrogen-bond donors (Lipinski definition) is 1. The van der Waals surface area contributed by atoms with Crippen molar-refractivity contribution in [1.29, 1.82) is 0 Å². The van der Waals surface area contributed by atoms with Gasteiger partial charge in [0.1, 0.15) is 17.3 Å². The molecule has 3 rings (SSSR count). The lowest BCUT2D eigenvalue weighted by Gasteiger charge is -2.29. The molecule has 3 nitrogen and oxygen atoms in total. The summed E-state index contributed by atoms with van der Waals surface area (Å²) in [6.07, 6.45) is -13.8. The standard InChI is InChI=1S/C24H17BrF9NO2/c25-19-11-18(7-8-20(19)26)37-17-6-2-5-16(10-17)35(13-21(36)23(29,30)31)12-14-3-1-4-15(9-14)22(27,28)24(32,33)34/h1-11,21,36H,12-13H2/t21-/m1/s1. The molecule has 0 saturated carbocycles. The molecule has 0 aromatic heterocycles. The number of hydrogen-bond acceptors (Lipinski definition) is 3. The predicted molar refractivity (Wildman–Crippen MR) is 120 cm³/mol. The van der Waals surface area contributed by atoms with Gasteiger partial charge in [0, 0.05) is 23.9 Å². The smallest absolute Gasteiger partial charge is 0.457 e. The van der Waals surface area contributed by atoms with Crippen molar-refractivity contribution in [2.75, 3.05) is 11.4 Å². The first kappa shape index (κ1) is 28.6. The minimum absolute atomic E-state index is 0.0370. The van der Waals surface area contributed by atoms with Gasteiger partial charge >= 0.3 is 18.3 Å². The molecule has 0 aliphatic rings. The van der Waals surface area contributed by atoms with Crippen molar-refractivity contribution in [3.05, 3.63) is 88.1 Å². The summed E-state index contributed by atoms with van der Waals surface area (Å²) in [6.45, 7) is -1.62. The summed E-state index contributed by atoms with van der Waals surface area (Å²) in [5, 5.41) is 9.64. The number of halogens is 10. The highest BCUT2D eigenvalue weighted by atomic mass is 79.9. The highest BCUT2D eigenvalue weighted by Crippen LogP contribution is 2.44. The summed E-state index contributed by atoms with van der Waals surface area (Å²) in [4.78, 5) is 0.955. The fraction of sp³-hybridized carbons (Fsp3) is 0.250. The molecule has 1 atom stereocenters. The number of aliphatic hydroxyl groups excluding tert-OH is 1. The number of nitrogens with zero attached hydrogens (tertiary/aromatic N) is 1. The first-order valence-electron chi connectivity index (χ1n) is 10.3. The Labute approximate surface area is 213 Å². The van der Waals surface area contributed by atoms with Gasteiger partial charge in [-0.05, 0) is 57.9 Å². The van der Waals surface area contributed by atoms with Crippen molar-refractivity contribution in [1.82, 2.24) is 0 Å². The topological polar surface area (TPSA) is 32.7 Å². The van der Waals surface area contributed by atoms with E-state index in [2.05, 4.69) is 15.9 Å². The average Bonchev–Trinajstić information content (AvgIpc) is 2.80. The van der Waals surface area contributed by atoms with Gasteiger partial charge in [0.15, 0.2) is 6.10 Å². The maximum absolute atomic E-state index is 13.8. The van der Waals surface area contributed by atoms with Crippen LogP contribution in [-0.2, 0) is 12.5 Å². The zero-order chi connectivity index (χ0) is 27.6. The first-order chi connectivity index (χ1) is 17.1. The van der Waals surface area contributed by atoms with Gasteiger partial charge in [-0.15, -0.1) is 0 Å². The van der Waals surface area contributed by atoms with Gasteiger partial charge in [-0.1, -0.05) is 24.3 Å². The Morgan fingerprint density at radius 2 is 1.49 bits per heavy atom. The van der Waals surface area contributed by atoms with Gasteiger partial charge in [-0.25, -0.2) is 4.39 Å². The van der Waals surface area contributed by atoms with E-state index < -0.39 is 48.8 Å². The molecule has 0 saturated heterocycles. The summed E-state index contributed by atoms with van der Waals surface area (Å²) in [6, 6.07) is 12.3. The SMILES string of the molecule is O[C@H](CN(Cc1cccc(C(F)(F)C(F)(F)F)c1)c1cccc(Oc2ccc(F)c(Br)c2)c1)C(F)(F)F. The van der Waals surface area contributed by atoms with Gasteiger partial charge in [0.25, 0.3) is 0 Å². The van der Waals surface area contributed by atoms with Crippen LogP contribution in [0.1, 0.15) is 11.1 Å². The molecule has 1 N–H and O–H groups in total. The van der Waals surface area contributed by atoms with E-state index in [1.807, 2.05) is 0 Å². The number of alkyl halides is 8. The maximum Gasteiger partial charge on any atom is 0.458 e. The van der Waals surface area contributed by atoms with Crippen LogP contribution in [0, 0.1) is 5.82 Å². The third kappa shape index (κ3) is 7.10. The van der Waals surface area contributed by atoms with Crippen molar-refractivity contribution >= 4 is 21.6 Å². The molecule has 0 heterocycles. The fourth-order valence-electron chi connectivity index (χ4n) is 3.24. The molecular formula is C24H17BrF9NO2. The summed E-state index contributed by atoms with van der Waals surface area (Å²) < 4.78 is 124. The molecule has 3 aromatic carbocycles. The molecule has 0 radical (unpaired) electrons. The van der Waals surface area contributed by atoms with E-state index in [-0.39, 0.29) is 27.2 Å². The number of aliphatic hydroxyl groups is 1. The third-order valence-electron chi connectivity index (χ3n) is 5.10. The van der Waals surface area contributed by atoms with Crippen molar-refractivity contribution in [3.8, 4) is 11.5 Å². The molecule has 3 aromatic rings. The van der Waals surface area contributed by atoms with Gasteiger partial charge in [0.05, 0.1) is 11.0 Å². The second-order valence-electron chi connectivity index (χ2n) is 7.89. The Bertz CT molecular complexity index is 1230. The van der Waals surface area contributed by atoms with Crippen LogP contribution in [-0.4, -0.2) is 30.1 Å². The van der Waals surface area contributed by atoms with Gasteiger partial charge in [-0.3, -0.25) is 0 Å². The number of anilines is 1. The molecule has 13 heteroatoms. The van der Waals surface area contributed by atoms with E-state index in [1.54, 1.807) is 0 Å². The second kappa shape index (κ2) is 10.8. The summed E-state index contributed by atoms with van der Waals surface area (Å²) >= 11 is 2.99. The lowest BCUT2D eigenvalue weighted by atomic mass is 10.0. The first-order valence-corrected chi connectivity index (χ1v) is 11.1. The number of rotatable bonds is 8. The molecule has 0 spiro atoms. The third-order valence-corrected chi connectivity index (χ3v) is 5.71. The van der Waals surface area contributed by atoms with Gasteiger partial charge in [0.2, 0.25) is 0 Å². The Balaban J connectivity index is 1.94. The second-order valence-corrected chi connectivity index (χ2v) is 8.74. The highest BCUT2D eigenvalue weighted by molar-refractivity contribution is 9.10. The number of ether oxygens (including phenoxy) is 1. The molecule has 0 unspecified atom stereocenters. The highest BCUT2D eigenvalue weighted by Gasteiger charge is 2.58. The maximum atomic E-state index is 13.8. The minimum atomic E-state index is -5.88. The van der Waals surface area contributed by atoms with E-state index in [9.17, 15) is 44.6 Å². The molecule has 0 aliphatic carbocycles. The van der Waals surface area contributed by atoms with Crippen molar-refractivity contribution in [2.24, 2.45) is 0 Å². The van der Waals surface area contributed by atoms with E-state index in [4.69, 9.17) is 4.74 Å². The number of benzene rings is 3. The zero-order valence-electron chi connectivity index (χ0n) is 18.4. The Morgan fingerprint density at radius 3 is 2.11 bits per heavy atom. The Hall–Kier alpha value is -2.93. The zero-order valence-corrected chi connectivity index (χ0v) is 20.0. The van der Waals surface area contributed by atoms with Crippen LogP contribution in [0.15, 0.2) is 71.2 Å². The van der Waals surface area contributed by atoms with E-state index in [0.717, 1.165) is 17.0 Å². The normalized spacial score (nSPS) is 13.4. The molecular weight excluding hydrogens is 585 g/mol. The Morgan fingerprint density at radius 1 is 0.838 bits per heavy atom. The van der Waals surface area contributed by atoms with Crippen LogP contribution < -0.4 is 9.64 Å². The average molecular weight is 602 g/mol. The molecule has 37 heavy (non-hydrogen) atoms. The molecule has 0 bridgehead atoms. The summed E-state index contributed by atoms with van der Waals surface area (Å²) in [5.74, 6) is -5.47. The van der Waals surface area contributed by atoms with Crippen LogP contribution in [0.5, 0.6) is 11.5 Å². The van der Waals surface area contributed by atoms with Crippen LogP contribution in [0.25, 0.3) is 0 Å². The predicted octanol–water partition coefficient (Wildman–Crippen LogP) is 7.96. The van der Waals surface area contributed by atoms with Crippen LogP contribution >= 0.6 is 15.9 Å². The van der Waals surface area contributed by atoms with Crippen LogP contribution in [0.4, 0.5) is 45.2 Å². The van der Waals surface area contributed by atoms with Crippen molar-refractivity contribution < 1.29 is 49.4 Å². The minimum Gasteiger partial charge on any atom is -0.457 e. The van der Waals surface area contributed by atoms with Gasteiger partial charge in [-0.2, -0.15) is 35.1 Å². The molecule has 0 fully saturated rings. The van der Waals surface area contributed by atoms with Gasteiger partial charge < -0.3 is 14.7 Å². The van der Waals surface area contributed by atoms with E-state index in [1.165, 1.54) is 42.5 Å². The van der Waals surface area contributed by atoms with Crippen LogP contribution in [0.3, 0.4) is 0 Å².